The summed E-state index contributed by atoms with van der Waals surface area (Å²) in [5.74, 6) is -1.69. The second-order valence-electron chi connectivity index (χ2n) is 12.2. The van der Waals surface area contributed by atoms with Crippen LogP contribution in [0.5, 0.6) is 0 Å². The SMILES string of the molecule is CC1=NC(C(C)C)(C2CC3CCC(CC[C@H](NC(=O)C4CCC(F)(F)CC4)c4ccccc4)(C2)N3)N=N1. The number of alkyl halides is 2. The van der Waals surface area contributed by atoms with E-state index in [1.54, 1.807) is 0 Å². The molecule has 4 unspecified atom stereocenters. The first-order chi connectivity index (χ1) is 17.6. The van der Waals surface area contributed by atoms with Crippen molar-refractivity contribution in [2.45, 2.75) is 114 Å². The number of aliphatic imine (C=N–C) groups is 1. The molecule has 37 heavy (non-hydrogen) atoms. The number of azo groups is 1. The van der Waals surface area contributed by atoms with Gasteiger partial charge in [-0.05, 0) is 63.9 Å². The third-order valence-electron chi connectivity index (χ3n) is 9.35. The van der Waals surface area contributed by atoms with Crippen molar-refractivity contribution < 1.29 is 13.6 Å². The maximum atomic E-state index is 13.7. The maximum absolute atomic E-state index is 13.7. The normalized spacial score (nSPS) is 33.9. The van der Waals surface area contributed by atoms with Crippen LogP contribution in [0, 0.1) is 17.8 Å². The van der Waals surface area contributed by atoms with Gasteiger partial charge in [-0.15, -0.1) is 5.11 Å². The van der Waals surface area contributed by atoms with E-state index < -0.39 is 11.6 Å². The summed E-state index contributed by atoms with van der Waals surface area (Å²) in [7, 11) is 0. The highest BCUT2D eigenvalue weighted by Gasteiger charge is 2.54. The molecule has 1 aromatic rings. The molecule has 2 N–H and O–H groups in total. The molecular formula is C29H41F2N5O. The van der Waals surface area contributed by atoms with Gasteiger partial charge in [0.2, 0.25) is 11.8 Å². The molecule has 3 heterocycles. The second kappa shape index (κ2) is 10.2. The molecule has 5 atom stereocenters. The van der Waals surface area contributed by atoms with Crippen molar-refractivity contribution >= 4 is 11.7 Å². The lowest BCUT2D eigenvalue weighted by Gasteiger charge is -2.45. The number of nitrogens with zero attached hydrogens (tertiary/aromatic N) is 3. The first-order valence-corrected chi connectivity index (χ1v) is 14.1. The molecule has 1 saturated carbocycles. The van der Waals surface area contributed by atoms with E-state index >= 15 is 0 Å². The number of amidine groups is 1. The predicted molar refractivity (Wildman–Crippen MR) is 141 cm³/mol. The number of halogens is 2. The zero-order valence-corrected chi connectivity index (χ0v) is 22.4. The van der Waals surface area contributed by atoms with Crippen LogP contribution in [0.2, 0.25) is 0 Å². The summed E-state index contributed by atoms with van der Waals surface area (Å²) in [6.45, 7) is 6.32. The predicted octanol–water partition coefficient (Wildman–Crippen LogP) is 6.59. The highest BCUT2D eigenvalue weighted by atomic mass is 19.3. The molecule has 2 bridgehead atoms. The Morgan fingerprint density at radius 3 is 2.51 bits per heavy atom. The molecule has 0 aromatic heterocycles. The largest absolute Gasteiger partial charge is 0.349 e. The van der Waals surface area contributed by atoms with Crippen molar-refractivity contribution in [2.75, 3.05) is 0 Å². The monoisotopic (exact) mass is 513 g/mol. The zero-order chi connectivity index (χ0) is 26.3. The first-order valence-electron chi connectivity index (χ1n) is 14.1. The lowest BCUT2D eigenvalue weighted by Crippen LogP contribution is -2.55. The lowest BCUT2D eigenvalue weighted by molar-refractivity contribution is -0.130. The van der Waals surface area contributed by atoms with Crippen LogP contribution in [-0.4, -0.2) is 34.9 Å². The van der Waals surface area contributed by atoms with E-state index in [0.717, 1.165) is 49.9 Å². The fourth-order valence-corrected chi connectivity index (χ4v) is 7.25. The van der Waals surface area contributed by atoms with Crippen LogP contribution in [-0.2, 0) is 4.79 Å². The van der Waals surface area contributed by atoms with Crippen LogP contribution in [0.4, 0.5) is 8.78 Å². The van der Waals surface area contributed by atoms with Gasteiger partial charge in [0.15, 0.2) is 5.66 Å². The maximum Gasteiger partial charge on any atom is 0.248 e. The van der Waals surface area contributed by atoms with Gasteiger partial charge in [-0.25, -0.2) is 13.8 Å². The van der Waals surface area contributed by atoms with Gasteiger partial charge in [-0.2, -0.15) is 5.11 Å². The zero-order valence-electron chi connectivity index (χ0n) is 22.4. The van der Waals surface area contributed by atoms with Crippen molar-refractivity contribution in [1.29, 1.82) is 0 Å². The first kappa shape index (κ1) is 26.4. The topological polar surface area (TPSA) is 78.2 Å². The highest BCUT2D eigenvalue weighted by Crippen LogP contribution is 2.50. The van der Waals surface area contributed by atoms with Crippen molar-refractivity contribution in [3.05, 3.63) is 35.9 Å². The number of piperidine rings is 1. The summed E-state index contributed by atoms with van der Waals surface area (Å²) in [5, 5.41) is 16.3. The third-order valence-corrected chi connectivity index (χ3v) is 9.35. The lowest BCUT2D eigenvalue weighted by atomic mass is 9.71. The summed E-state index contributed by atoms with van der Waals surface area (Å²) in [6.07, 6.45) is 6.12. The minimum absolute atomic E-state index is 0.0122. The highest BCUT2D eigenvalue weighted by molar-refractivity contribution is 5.81. The molecular weight excluding hydrogens is 472 g/mol. The van der Waals surface area contributed by atoms with Gasteiger partial charge in [0, 0.05) is 42.2 Å². The van der Waals surface area contributed by atoms with E-state index in [1.165, 1.54) is 0 Å². The van der Waals surface area contributed by atoms with Gasteiger partial charge < -0.3 is 10.6 Å². The molecule has 6 nitrogen and oxygen atoms in total. The molecule has 8 heteroatoms. The van der Waals surface area contributed by atoms with Gasteiger partial charge in [0.05, 0.1) is 6.04 Å². The standard InChI is InChI=1S/C29H41F2N5O/c1-19(2)29(33-20(3)35-36-29)23-17-24-11-13-27(18-23,34-24)14-12-25(21-7-5-4-6-8-21)32-26(37)22-9-15-28(30,31)16-10-22/h4-8,19,22-25,34H,9-18H2,1-3H3,(H,32,37)/t23?,24?,25-,27?,29?/m0/s1. The number of nitrogens with one attached hydrogen (secondary N) is 2. The Morgan fingerprint density at radius 1 is 1.14 bits per heavy atom. The Labute approximate surface area is 219 Å². The van der Waals surface area contributed by atoms with E-state index in [0.29, 0.717) is 12.0 Å². The average Bonchev–Trinajstić information content (AvgIpc) is 3.42. The van der Waals surface area contributed by atoms with Crippen LogP contribution in [0.3, 0.4) is 0 Å². The van der Waals surface area contributed by atoms with Crippen molar-refractivity contribution in [3.8, 4) is 0 Å². The Hall–Kier alpha value is -2.22. The summed E-state index contributed by atoms with van der Waals surface area (Å²) in [5.41, 5.74) is 0.580. The van der Waals surface area contributed by atoms with Crippen LogP contribution < -0.4 is 10.6 Å². The van der Waals surface area contributed by atoms with Gasteiger partial charge in [-0.3, -0.25) is 4.79 Å². The Morgan fingerprint density at radius 2 is 1.86 bits per heavy atom. The smallest absolute Gasteiger partial charge is 0.248 e. The molecule has 0 radical (unpaired) electrons. The van der Waals surface area contributed by atoms with E-state index in [-0.39, 0.29) is 55.0 Å². The van der Waals surface area contributed by atoms with Gasteiger partial charge in [-0.1, -0.05) is 44.2 Å². The fourth-order valence-electron chi connectivity index (χ4n) is 7.25. The van der Waals surface area contributed by atoms with E-state index in [9.17, 15) is 13.6 Å². The van der Waals surface area contributed by atoms with E-state index in [4.69, 9.17) is 10.1 Å². The summed E-state index contributed by atoms with van der Waals surface area (Å²) < 4.78 is 27.3. The van der Waals surface area contributed by atoms with E-state index in [2.05, 4.69) is 41.7 Å². The number of hydrogen-bond donors (Lipinski definition) is 2. The molecule has 2 saturated heterocycles. The number of benzene rings is 1. The van der Waals surface area contributed by atoms with Crippen LogP contribution in [0.1, 0.15) is 96.6 Å². The van der Waals surface area contributed by atoms with Crippen molar-refractivity contribution in [2.24, 2.45) is 33.0 Å². The minimum Gasteiger partial charge on any atom is -0.349 e. The molecule has 1 aromatic carbocycles. The molecule has 202 valence electrons. The Kier molecular flexibility index (Phi) is 7.24. The minimum atomic E-state index is -2.63. The van der Waals surface area contributed by atoms with Gasteiger partial charge in [0.1, 0.15) is 5.84 Å². The molecule has 3 aliphatic heterocycles. The van der Waals surface area contributed by atoms with Crippen molar-refractivity contribution in [1.82, 2.24) is 10.6 Å². The van der Waals surface area contributed by atoms with Gasteiger partial charge >= 0.3 is 0 Å². The number of hydrogen-bond acceptors (Lipinski definition) is 5. The third kappa shape index (κ3) is 5.50. The summed E-state index contributed by atoms with van der Waals surface area (Å²) in [6, 6.07) is 10.4. The average molecular weight is 514 g/mol. The molecule has 5 rings (SSSR count). The van der Waals surface area contributed by atoms with Crippen molar-refractivity contribution in [3.63, 3.8) is 0 Å². The number of carbonyl (C=O) groups excluding carboxylic acids is 1. The van der Waals surface area contributed by atoms with E-state index in [1.807, 2.05) is 25.1 Å². The number of rotatable bonds is 8. The second-order valence-corrected chi connectivity index (χ2v) is 12.2. The number of amides is 1. The number of carbonyl (C=O) groups is 1. The summed E-state index contributed by atoms with van der Waals surface area (Å²) >= 11 is 0. The molecule has 0 spiro atoms. The Bertz CT molecular complexity index is 1030. The molecule has 4 aliphatic rings. The number of fused-ring (bicyclic) bond motifs is 2. The quantitative estimate of drug-likeness (QED) is 0.411. The molecule has 3 fully saturated rings. The van der Waals surface area contributed by atoms with Gasteiger partial charge in [0.25, 0.3) is 0 Å². The molecule has 1 aliphatic carbocycles. The van der Waals surface area contributed by atoms with Crippen LogP contribution in [0.25, 0.3) is 0 Å². The Balaban J connectivity index is 1.30. The van der Waals surface area contributed by atoms with Crippen LogP contribution in [0.15, 0.2) is 45.6 Å². The summed E-state index contributed by atoms with van der Waals surface area (Å²) in [4.78, 5) is 18.1. The fraction of sp³-hybridized carbons (Fsp3) is 0.724. The molecule has 1 amide bonds. The van der Waals surface area contributed by atoms with Crippen LogP contribution >= 0.6 is 0 Å².